The van der Waals surface area contributed by atoms with Gasteiger partial charge in [0.1, 0.15) is 0 Å². The summed E-state index contributed by atoms with van der Waals surface area (Å²) in [7, 11) is -3.55. The predicted octanol–water partition coefficient (Wildman–Crippen LogP) is 4.33. The normalized spacial score (nSPS) is 16.5. The highest BCUT2D eigenvalue weighted by Gasteiger charge is 2.38. The highest BCUT2D eigenvalue weighted by Crippen LogP contribution is 2.37. The quantitative estimate of drug-likeness (QED) is 0.778. The molecule has 3 rings (SSSR count). The molecular weight excluding hydrogens is 330 g/mol. The number of hydrogen-bond donors (Lipinski definition) is 0. The summed E-state index contributed by atoms with van der Waals surface area (Å²) in [6.07, 6.45) is 2.20. The Labute approximate surface area is 142 Å². The molecule has 0 N–H and O–H groups in total. The van der Waals surface area contributed by atoms with Gasteiger partial charge in [-0.2, -0.15) is 4.31 Å². The van der Waals surface area contributed by atoms with Gasteiger partial charge in [-0.3, -0.25) is 0 Å². The third-order valence-electron chi connectivity index (χ3n) is 4.36. The minimum absolute atomic E-state index is 0.00381. The maximum atomic E-state index is 13.1. The molecule has 23 heavy (non-hydrogen) atoms. The largest absolute Gasteiger partial charge is 0.243 e. The van der Waals surface area contributed by atoms with E-state index in [2.05, 4.69) is 0 Å². The molecule has 3 nitrogen and oxygen atoms in total. The molecule has 1 unspecified atom stereocenters. The lowest BCUT2D eigenvalue weighted by atomic mass is 10.2. The molecule has 0 aromatic heterocycles. The average Bonchev–Trinajstić information content (AvgIpc) is 3.38. The summed E-state index contributed by atoms with van der Waals surface area (Å²) in [5.41, 5.74) is 0.998. The summed E-state index contributed by atoms with van der Waals surface area (Å²) >= 11 is 5.89. The van der Waals surface area contributed by atoms with Crippen LogP contribution < -0.4 is 0 Å². The Bertz CT molecular complexity index is 755. The summed E-state index contributed by atoms with van der Waals surface area (Å²) in [6.45, 7) is 2.40. The first-order chi connectivity index (χ1) is 11.0. The molecule has 1 aliphatic rings. The van der Waals surface area contributed by atoms with Crippen molar-refractivity contribution in [3.63, 3.8) is 0 Å². The summed E-state index contributed by atoms with van der Waals surface area (Å²) in [5, 5.41) is 0.536. The maximum absolute atomic E-state index is 13.1. The molecular formula is C18H20ClNO2S. The molecule has 0 aliphatic heterocycles. The lowest BCUT2D eigenvalue weighted by Crippen LogP contribution is -2.39. The maximum Gasteiger partial charge on any atom is 0.243 e. The van der Waals surface area contributed by atoms with Crippen LogP contribution in [-0.4, -0.2) is 18.8 Å². The molecule has 0 spiro atoms. The molecule has 5 heteroatoms. The minimum Gasteiger partial charge on any atom is -0.207 e. The van der Waals surface area contributed by atoms with Crippen LogP contribution in [0.2, 0.25) is 5.02 Å². The van der Waals surface area contributed by atoms with Crippen molar-refractivity contribution in [1.29, 1.82) is 0 Å². The molecule has 122 valence electrons. The second kappa shape index (κ2) is 6.63. The fourth-order valence-electron chi connectivity index (χ4n) is 2.77. The van der Waals surface area contributed by atoms with Gasteiger partial charge in [-0.05, 0) is 55.5 Å². The molecule has 0 saturated heterocycles. The molecule has 0 radical (unpaired) electrons. The Morgan fingerprint density at radius 3 is 2.26 bits per heavy atom. The van der Waals surface area contributed by atoms with Gasteiger partial charge in [0.2, 0.25) is 10.0 Å². The number of sulfonamides is 1. The van der Waals surface area contributed by atoms with Gasteiger partial charge in [-0.25, -0.2) is 8.42 Å². The van der Waals surface area contributed by atoms with Crippen LogP contribution in [0.15, 0.2) is 59.5 Å². The highest BCUT2D eigenvalue weighted by atomic mass is 35.5. The first kappa shape index (κ1) is 16.5. The van der Waals surface area contributed by atoms with Crippen LogP contribution in [0.3, 0.4) is 0 Å². The first-order valence-corrected chi connectivity index (χ1v) is 9.61. The molecule has 2 aromatic carbocycles. The van der Waals surface area contributed by atoms with E-state index in [1.165, 1.54) is 0 Å². The fourth-order valence-corrected chi connectivity index (χ4v) is 4.57. The molecule has 0 amide bonds. The van der Waals surface area contributed by atoms with E-state index < -0.39 is 10.0 Å². The van der Waals surface area contributed by atoms with Crippen molar-refractivity contribution < 1.29 is 8.42 Å². The highest BCUT2D eigenvalue weighted by molar-refractivity contribution is 7.89. The second-order valence-corrected chi connectivity index (χ2v) is 8.39. The van der Waals surface area contributed by atoms with Crippen LogP contribution in [0.25, 0.3) is 0 Å². The molecule has 1 atom stereocenters. The van der Waals surface area contributed by atoms with Gasteiger partial charge in [-0.15, -0.1) is 0 Å². The van der Waals surface area contributed by atoms with E-state index in [-0.39, 0.29) is 6.04 Å². The second-order valence-electron chi connectivity index (χ2n) is 6.07. The topological polar surface area (TPSA) is 37.4 Å². The van der Waals surface area contributed by atoms with Crippen LogP contribution in [-0.2, 0) is 16.6 Å². The molecule has 1 saturated carbocycles. The zero-order chi connectivity index (χ0) is 16.4. The first-order valence-electron chi connectivity index (χ1n) is 7.80. The summed E-state index contributed by atoms with van der Waals surface area (Å²) in [6, 6.07) is 16.1. The van der Waals surface area contributed by atoms with Crippen molar-refractivity contribution in [2.45, 2.75) is 37.2 Å². The Morgan fingerprint density at radius 1 is 1.09 bits per heavy atom. The Morgan fingerprint density at radius 2 is 1.70 bits per heavy atom. The van der Waals surface area contributed by atoms with Crippen molar-refractivity contribution in [3.05, 3.63) is 65.2 Å². The smallest absolute Gasteiger partial charge is 0.207 e. The zero-order valence-corrected chi connectivity index (χ0v) is 14.6. The molecule has 0 bridgehead atoms. The lowest BCUT2D eigenvalue weighted by molar-refractivity contribution is 0.303. The van der Waals surface area contributed by atoms with Gasteiger partial charge in [0.15, 0.2) is 0 Å². The van der Waals surface area contributed by atoms with Crippen molar-refractivity contribution in [3.8, 4) is 0 Å². The summed E-state index contributed by atoms with van der Waals surface area (Å²) < 4.78 is 27.8. The van der Waals surface area contributed by atoms with Crippen molar-refractivity contribution in [1.82, 2.24) is 4.31 Å². The fraction of sp³-hybridized carbons (Fsp3) is 0.333. The monoisotopic (exact) mass is 349 g/mol. The van der Waals surface area contributed by atoms with Crippen LogP contribution in [0.5, 0.6) is 0 Å². The van der Waals surface area contributed by atoms with Crippen molar-refractivity contribution in [2.24, 2.45) is 5.92 Å². The van der Waals surface area contributed by atoms with Gasteiger partial charge >= 0.3 is 0 Å². The van der Waals surface area contributed by atoms with E-state index in [1.807, 2.05) is 37.3 Å². The van der Waals surface area contributed by atoms with E-state index in [0.29, 0.717) is 22.4 Å². The Kier molecular flexibility index (Phi) is 4.76. The number of rotatable bonds is 6. The Balaban J connectivity index is 1.94. The van der Waals surface area contributed by atoms with Crippen molar-refractivity contribution >= 4 is 21.6 Å². The lowest BCUT2D eigenvalue weighted by Gasteiger charge is -2.28. The molecule has 1 fully saturated rings. The van der Waals surface area contributed by atoms with Crippen LogP contribution in [0.1, 0.15) is 25.3 Å². The SMILES string of the molecule is CC(C1CC1)N(Cc1ccccc1)S(=O)(=O)c1ccc(Cl)cc1. The van der Waals surface area contributed by atoms with Gasteiger partial charge < -0.3 is 0 Å². The summed E-state index contributed by atoms with van der Waals surface area (Å²) in [4.78, 5) is 0.297. The number of halogens is 1. The number of nitrogens with zero attached hydrogens (tertiary/aromatic N) is 1. The zero-order valence-electron chi connectivity index (χ0n) is 13.0. The van der Waals surface area contributed by atoms with Gasteiger partial charge in [0, 0.05) is 17.6 Å². The van der Waals surface area contributed by atoms with Crippen LogP contribution in [0, 0.1) is 5.92 Å². The predicted molar refractivity (Wildman–Crippen MR) is 92.8 cm³/mol. The third-order valence-corrected chi connectivity index (χ3v) is 6.56. The van der Waals surface area contributed by atoms with E-state index >= 15 is 0 Å². The van der Waals surface area contributed by atoms with Gasteiger partial charge in [-0.1, -0.05) is 41.9 Å². The number of hydrogen-bond acceptors (Lipinski definition) is 2. The van der Waals surface area contributed by atoms with Crippen LogP contribution in [0.4, 0.5) is 0 Å². The van der Waals surface area contributed by atoms with Crippen LogP contribution >= 0.6 is 11.6 Å². The summed E-state index contributed by atoms with van der Waals surface area (Å²) in [5.74, 6) is 0.459. The Hall–Kier alpha value is -1.36. The van der Waals surface area contributed by atoms with Gasteiger partial charge in [0.05, 0.1) is 4.90 Å². The molecule has 1 aliphatic carbocycles. The number of benzene rings is 2. The van der Waals surface area contributed by atoms with E-state index in [4.69, 9.17) is 11.6 Å². The molecule has 0 heterocycles. The third kappa shape index (κ3) is 3.77. The molecule has 2 aromatic rings. The van der Waals surface area contributed by atoms with E-state index in [9.17, 15) is 8.42 Å². The van der Waals surface area contributed by atoms with E-state index in [0.717, 1.165) is 18.4 Å². The van der Waals surface area contributed by atoms with Gasteiger partial charge in [0.25, 0.3) is 0 Å². The van der Waals surface area contributed by atoms with E-state index in [1.54, 1.807) is 28.6 Å². The standard InChI is InChI=1S/C18H20ClNO2S/c1-14(16-7-8-16)20(13-15-5-3-2-4-6-15)23(21,22)18-11-9-17(19)10-12-18/h2-6,9-12,14,16H,7-8,13H2,1H3. The average molecular weight is 350 g/mol. The van der Waals surface area contributed by atoms with Crippen molar-refractivity contribution in [2.75, 3.05) is 0 Å². The minimum atomic E-state index is -3.55.